The van der Waals surface area contributed by atoms with Crippen LogP contribution in [0.3, 0.4) is 0 Å². The van der Waals surface area contributed by atoms with Gasteiger partial charge in [-0.05, 0) is 49.4 Å². The van der Waals surface area contributed by atoms with Crippen molar-refractivity contribution in [1.82, 2.24) is 9.88 Å². The molecule has 0 unspecified atom stereocenters. The first-order valence-electron chi connectivity index (χ1n) is 10.6. The smallest absolute Gasteiger partial charge is 0.256 e. The van der Waals surface area contributed by atoms with Crippen LogP contribution in [0.5, 0.6) is 5.75 Å². The number of hydrogen-bond acceptors (Lipinski definition) is 3. The second kappa shape index (κ2) is 7.47. The van der Waals surface area contributed by atoms with Crippen LogP contribution in [-0.4, -0.2) is 49.1 Å². The van der Waals surface area contributed by atoms with E-state index in [2.05, 4.69) is 22.0 Å². The lowest BCUT2D eigenvalue weighted by molar-refractivity contribution is 0.0748. The molecule has 150 valence electrons. The number of fused-ring (bicyclic) bond motifs is 3. The number of para-hydroxylation sites is 3. The maximum absolute atomic E-state index is 13.4. The van der Waals surface area contributed by atoms with E-state index in [9.17, 15) is 4.79 Å². The number of benzene rings is 2. The van der Waals surface area contributed by atoms with Gasteiger partial charge in [0.05, 0.1) is 23.9 Å². The maximum atomic E-state index is 13.4. The number of anilines is 1. The molecule has 2 aromatic carbocycles. The molecule has 0 spiro atoms. The third kappa shape index (κ3) is 3.15. The van der Waals surface area contributed by atoms with Gasteiger partial charge in [0, 0.05) is 37.3 Å². The summed E-state index contributed by atoms with van der Waals surface area (Å²) in [5.74, 6) is 1.02. The molecule has 5 nitrogen and oxygen atoms in total. The van der Waals surface area contributed by atoms with Gasteiger partial charge in [-0.25, -0.2) is 0 Å². The lowest BCUT2D eigenvalue weighted by Crippen LogP contribution is -2.48. The average Bonchev–Trinajstić information content (AvgIpc) is 3.17. The highest BCUT2D eigenvalue weighted by Gasteiger charge is 2.26. The summed E-state index contributed by atoms with van der Waals surface area (Å²) in [6.45, 7) is 3.05. The number of aromatic nitrogens is 1. The van der Waals surface area contributed by atoms with Gasteiger partial charge in [-0.1, -0.05) is 24.3 Å². The highest BCUT2D eigenvalue weighted by Crippen LogP contribution is 2.32. The Morgan fingerprint density at radius 2 is 1.76 bits per heavy atom. The summed E-state index contributed by atoms with van der Waals surface area (Å²) in [7, 11) is 1.70. The third-order valence-electron chi connectivity index (χ3n) is 6.36. The molecule has 1 aliphatic carbocycles. The van der Waals surface area contributed by atoms with Gasteiger partial charge in [0.2, 0.25) is 0 Å². The molecule has 1 aliphatic heterocycles. The van der Waals surface area contributed by atoms with Crippen molar-refractivity contribution in [3.63, 3.8) is 0 Å². The summed E-state index contributed by atoms with van der Waals surface area (Å²) in [5.41, 5.74) is 5.68. The largest absolute Gasteiger partial charge is 0.495 e. The monoisotopic (exact) mass is 389 g/mol. The van der Waals surface area contributed by atoms with Crippen molar-refractivity contribution < 1.29 is 9.53 Å². The average molecular weight is 389 g/mol. The number of amides is 1. The molecule has 1 fully saturated rings. The predicted octanol–water partition coefficient (Wildman–Crippen LogP) is 4.02. The number of H-pyrrole nitrogens is 1. The zero-order valence-corrected chi connectivity index (χ0v) is 16.9. The highest BCUT2D eigenvalue weighted by molar-refractivity contribution is 6.07. The van der Waals surface area contributed by atoms with E-state index in [1.807, 2.05) is 35.2 Å². The Kier molecular flexibility index (Phi) is 4.66. The Morgan fingerprint density at radius 1 is 0.966 bits per heavy atom. The maximum Gasteiger partial charge on any atom is 0.256 e. The van der Waals surface area contributed by atoms with Crippen LogP contribution in [0.25, 0.3) is 10.9 Å². The van der Waals surface area contributed by atoms with Crippen LogP contribution >= 0.6 is 0 Å². The Morgan fingerprint density at radius 3 is 2.59 bits per heavy atom. The summed E-state index contributed by atoms with van der Waals surface area (Å²) >= 11 is 0. The Bertz CT molecular complexity index is 1050. The molecule has 1 amide bonds. The first kappa shape index (κ1) is 18.1. The molecule has 3 aromatic rings. The van der Waals surface area contributed by atoms with E-state index in [-0.39, 0.29) is 5.91 Å². The fourth-order valence-corrected chi connectivity index (χ4v) is 4.82. The van der Waals surface area contributed by atoms with Gasteiger partial charge in [-0.15, -0.1) is 0 Å². The van der Waals surface area contributed by atoms with Gasteiger partial charge < -0.3 is 19.5 Å². The molecule has 2 aliphatic rings. The zero-order valence-electron chi connectivity index (χ0n) is 16.9. The topological polar surface area (TPSA) is 48.6 Å². The number of rotatable bonds is 3. The van der Waals surface area contributed by atoms with E-state index < -0.39 is 0 Å². The lowest BCUT2D eigenvalue weighted by atomic mass is 9.95. The standard InChI is InChI=1S/C24H27N3O2/c1-29-22-12-5-4-11-21(22)26-13-15-27(16-14-26)24(28)19-9-6-8-18-17-7-2-3-10-20(17)25-23(18)19/h4-6,8-9,11-12,25H,2-3,7,10,13-16H2,1H3. The van der Waals surface area contributed by atoms with Crippen LogP contribution in [0.15, 0.2) is 42.5 Å². The first-order valence-corrected chi connectivity index (χ1v) is 10.6. The predicted molar refractivity (Wildman–Crippen MR) is 116 cm³/mol. The van der Waals surface area contributed by atoms with Crippen LogP contribution in [0.1, 0.15) is 34.5 Å². The van der Waals surface area contributed by atoms with Gasteiger partial charge >= 0.3 is 0 Å². The van der Waals surface area contributed by atoms with Crippen LogP contribution in [0.2, 0.25) is 0 Å². The first-order chi connectivity index (χ1) is 14.3. The SMILES string of the molecule is COc1ccccc1N1CCN(C(=O)c2cccc3c4c([nH]c23)CCCC4)CC1. The number of hydrogen-bond donors (Lipinski definition) is 1. The number of methoxy groups -OCH3 is 1. The minimum Gasteiger partial charge on any atom is -0.495 e. The van der Waals surface area contributed by atoms with Crippen molar-refractivity contribution >= 4 is 22.5 Å². The van der Waals surface area contributed by atoms with Crippen LogP contribution in [-0.2, 0) is 12.8 Å². The van der Waals surface area contributed by atoms with Crippen molar-refractivity contribution in [2.45, 2.75) is 25.7 Å². The van der Waals surface area contributed by atoms with Gasteiger partial charge in [-0.3, -0.25) is 4.79 Å². The van der Waals surface area contributed by atoms with Gasteiger partial charge in [0.25, 0.3) is 5.91 Å². The number of carbonyl (C=O) groups excluding carboxylic acids is 1. The molecule has 29 heavy (non-hydrogen) atoms. The molecule has 0 saturated carbocycles. The number of piperazine rings is 1. The van der Waals surface area contributed by atoms with E-state index >= 15 is 0 Å². The Labute approximate surface area is 171 Å². The van der Waals surface area contributed by atoms with Crippen molar-refractivity contribution in [2.75, 3.05) is 38.2 Å². The van der Waals surface area contributed by atoms with Gasteiger partial charge in [-0.2, -0.15) is 0 Å². The molecule has 5 rings (SSSR count). The van der Waals surface area contributed by atoms with E-state index in [0.717, 1.165) is 48.4 Å². The van der Waals surface area contributed by atoms with Crippen molar-refractivity contribution in [3.8, 4) is 5.75 Å². The number of aryl methyl sites for hydroxylation is 2. The minimum absolute atomic E-state index is 0.133. The minimum atomic E-state index is 0.133. The molecule has 1 aromatic heterocycles. The van der Waals surface area contributed by atoms with Gasteiger partial charge in [0.15, 0.2) is 0 Å². The molecular formula is C24H27N3O2. The van der Waals surface area contributed by atoms with Crippen LogP contribution in [0.4, 0.5) is 5.69 Å². The number of nitrogens with zero attached hydrogens (tertiary/aromatic N) is 2. The fourth-order valence-electron chi connectivity index (χ4n) is 4.82. The molecule has 5 heteroatoms. The second-order valence-electron chi connectivity index (χ2n) is 7.97. The molecular weight excluding hydrogens is 362 g/mol. The summed E-state index contributed by atoms with van der Waals surface area (Å²) in [5, 5.41) is 1.23. The number of aromatic amines is 1. The zero-order chi connectivity index (χ0) is 19.8. The summed E-state index contributed by atoms with van der Waals surface area (Å²) in [4.78, 5) is 21.2. The van der Waals surface area contributed by atoms with Crippen LogP contribution in [0, 0.1) is 0 Å². The molecule has 1 saturated heterocycles. The number of nitrogens with one attached hydrogen (secondary N) is 1. The molecule has 0 atom stereocenters. The third-order valence-corrected chi connectivity index (χ3v) is 6.36. The van der Waals surface area contributed by atoms with Crippen molar-refractivity contribution in [1.29, 1.82) is 0 Å². The van der Waals surface area contributed by atoms with E-state index in [1.54, 1.807) is 7.11 Å². The molecule has 0 radical (unpaired) electrons. The molecule has 0 bridgehead atoms. The number of ether oxygens (including phenoxy) is 1. The summed E-state index contributed by atoms with van der Waals surface area (Å²) in [6, 6.07) is 14.2. The van der Waals surface area contributed by atoms with Gasteiger partial charge in [0.1, 0.15) is 5.75 Å². The highest BCUT2D eigenvalue weighted by atomic mass is 16.5. The second-order valence-corrected chi connectivity index (χ2v) is 7.97. The normalized spacial score (nSPS) is 16.7. The Balaban J connectivity index is 1.37. The molecule has 2 heterocycles. The van der Waals surface area contributed by atoms with E-state index in [0.29, 0.717) is 13.1 Å². The quantitative estimate of drug-likeness (QED) is 0.736. The Hall–Kier alpha value is -2.95. The fraction of sp³-hybridized carbons (Fsp3) is 0.375. The lowest BCUT2D eigenvalue weighted by Gasteiger charge is -2.36. The van der Waals surface area contributed by atoms with E-state index in [1.165, 1.54) is 29.5 Å². The molecule has 1 N–H and O–H groups in total. The van der Waals surface area contributed by atoms with Crippen LogP contribution < -0.4 is 9.64 Å². The summed E-state index contributed by atoms with van der Waals surface area (Å²) in [6.07, 6.45) is 4.68. The van der Waals surface area contributed by atoms with Crippen molar-refractivity contribution in [2.24, 2.45) is 0 Å². The van der Waals surface area contributed by atoms with Crippen molar-refractivity contribution in [3.05, 3.63) is 59.3 Å². The summed E-state index contributed by atoms with van der Waals surface area (Å²) < 4.78 is 5.50. The van der Waals surface area contributed by atoms with E-state index in [4.69, 9.17) is 4.74 Å². The number of carbonyl (C=O) groups is 1.